The van der Waals surface area contributed by atoms with Gasteiger partial charge in [-0.3, -0.25) is 0 Å². The lowest BCUT2D eigenvalue weighted by atomic mass is 9.82. The molecule has 0 atom stereocenters. The third kappa shape index (κ3) is 3.98. The minimum Gasteiger partial charge on any atom is -0.477 e. The second-order valence-corrected chi connectivity index (χ2v) is 9.69. The van der Waals surface area contributed by atoms with E-state index in [9.17, 15) is 9.90 Å². The van der Waals surface area contributed by atoms with Gasteiger partial charge in [0.2, 0.25) is 0 Å². The van der Waals surface area contributed by atoms with Gasteiger partial charge in [-0.05, 0) is 73.0 Å². The van der Waals surface area contributed by atoms with E-state index < -0.39 is 5.97 Å². The summed E-state index contributed by atoms with van der Waals surface area (Å²) in [6, 6.07) is 20.7. The number of thiophene rings is 1. The number of hydrogen-bond acceptors (Lipinski definition) is 4. The van der Waals surface area contributed by atoms with Crippen molar-refractivity contribution in [1.82, 2.24) is 0 Å². The fourth-order valence-corrected chi connectivity index (χ4v) is 5.76. The number of fused-ring (bicyclic) bond motifs is 3. The van der Waals surface area contributed by atoms with Crippen molar-refractivity contribution in [2.24, 2.45) is 0 Å². The molecule has 170 valence electrons. The summed E-state index contributed by atoms with van der Waals surface area (Å²) in [5.74, 6) is -1.21. The molecular weight excluding hydrogens is 440 g/mol. The Morgan fingerprint density at radius 1 is 1.06 bits per heavy atom. The first kappa shape index (κ1) is 23.3. The van der Waals surface area contributed by atoms with Crippen LogP contribution in [0, 0.1) is 11.3 Å². The summed E-state index contributed by atoms with van der Waals surface area (Å²) in [4.78, 5) is 15.4. The van der Waals surface area contributed by atoms with E-state index in [4.69, 9.17) is 5.26 Å². The molecule has 4 nitrogen and oxygen atoms in total. The summed E-state index contributed by atoms with van der Waals surface area (Å²) in [7, 11) is 0. The van der Waals surface area contributed by atoms with Crippen molar-refractivity contribution < 1.29 is 9.90 Å². The molecule has 3 aromatic rings. The van der Waals surface area contributed by atoms with Gasteiger partial charge in [-0.2, -0.15) is 5.26 Å². The van der Waals surface area contributed by atoms with Crippen molar-refractivity contribution in [3.05, 3.63) is 100 Å². The number of rotatable bonds is 6. The molecule has 0 saturated heterocycles. The van der Waals surface area contributed by atoms with E-state index in [1.54, 1.807) is 6.07 Å². The number of nitrogens with zero attached hydrogens (tertiary/aromatic N) is 2. The van der Waals surface area contributed by atoms with Crippen LogP contribution < -0.4 is 4.90 Å². The van der Waals surface area contributed by atoms with Crippen molar-refractivity contribution in [1.29, 1.82) is 5.26 Å². The zero-order chi connectivity index (χ0) is 24.5. The van der Waals surface area contributed by atoms with Crippen molar-refractivity contribution in [3.8, 4) is 16.5 Å². The number of carbonyl (C=O) groups is 1. The third-order valence-corrected chi connectivity index (χ3v) is 7.26. The van der Waals surface area contributed by atoms with Crippen LogP contribution in [0.1, 0.15) is 43.7 Å². The number of benzene rings is 2. The number of carboxylic acids is 1. The molecule has 1 aromatic heterocycles. The number of para-hydroxylation sites is 1. The topological polar surface area (TPSA) is 64.3 Å². The monoisotopic (exact) mass is 466 g/mol. The van der Waals surface area contributed by atoms with Crippen LogP contribution in [0.2, 0.25) is 0 Å². The second-order valence-electron chi connectivity index (χ2n) is 8.61. The Morgan fingerprint density at radius 2 is 1.79 bits per heavy atom. The average molecular weight is 467 g/mol. The van der Waals surface area contributed by atoms with Crippen molar-refractivity contribution in [2.45, 2.75) is 33.1 Å². The smallest absolute Gasteiger partial charge is 0.346 e. The third-order valence-electron chi connectivity index (χ3n) is 6.15. The summed E-state index contributed by atoms with van der Waals surface area (Å²) in [6.45, 7) is 8.45. The van der Waals surface area contributed by atoms with Gasteiger partial charge < -0.3 is 10.0 Å². The first-order valence-corrected chi connectivity index (χ1v) is 11.9. The summed E-state index contributed by atoms with van der Waals surface area (Å²) < 4.78 is 0. The molecule has 1 N–H and O–H groups in total. The highest BCUT2D eigenvalue weighted by Gasteiger charge is 2.38. The Morgan fingerprint density at radius 3 is 2.41 bits per heavy atom. The summed E-state index contributed by atoms with van der Waals surface area (Å²) in [5, 5.41) is 18.4. The zero-order valence-electron chi connectivity index (χ0n) is 19.7. The van der Waals surface area contributed by atoms with E-state index in [0.29, 0.717) is 0 Å². The standard InChI is InChI=1S/C29H26N2O2S/c1-5-10-20(6-2)31(21-11-8-7-9-12-21)22-13-14-24-25(16-22)29(3,4)26-17-23(34-27(24)26)15-19(18-30)28(32)33/h5-17H,1-4H3,(H,32,33)/b10-5-,19-15+,20-6+. The largest absolute Gasteiger partial charge is 0.477 e. The van der Waals surface area contributed by atoms with Crippen LogP contribution in [-0.2, 0) is 10.2 Å². The molecule has 4 rings (SSSR count). The molecule has 0 amide bonds. The van der Waals surface area contributed by atoms with Crippen LogP contribution >= 0.6 is 11.3 Å². The van der Waals surface area contributed by atoms with Crippen molar-refractivity contribution in [2.75, 3.05) is 4.90 Å². The van der Waals surface area contributed by atoms with E-state index >= 15 is 0 Å². The molecule has 0 aliphatic heterocycles. The molecule has 34 heavy (non-hydrogen) atoms. The maximum Gasteiger partial charge on any atom is 0.346 e. The number of aliphatic carboxylic acids is 1. The zero-order valence-corrected chi connectivity index (χ0v) is 20.5. The highest BCUT2D eigenvalue weighted by molar-refractivity contribution is 7.16. The quantitative estimate of drug-likeness (QED) is 0.230. The normalized spacial score (nSPS) is 14.6. The maximum atomic E-state index is 11.3. The lowest BCUT2D eigenvalue weighted by Gasteiger charge is -2.28. The van der Waals surface area contributed by atoms with Crippen LogP contribution in [0.5, 0.6) is 0 Å². The lowest BCUT2D eigenvalue weighted by molar-refractivity contribution is -0.132. The van der Waals surface area contributed by atoms with E-state index in [-0.39, 0.29) is 11.0 Å². The molecule has 5 heteroatoms. The minimum atomic E-state index is -1.21. The molecule has 1 aliphatic carbocycles. The van der Waals surface area contributed by atoms with Gasteiger partial charge in [0, 0.05) is 32.2 Å². The Balaban J connectivity index is 1.84. The van der Waals surface area contributed by atoms with Gasteiger partial charge in [-0.15, -0.1) is 11.3 Å². The number of carboxylic acid groups (broad SMARTS) is 1. The number of nitriles is 1. The Hall–Kier alpha value is -3.88. The van der Waals surface area contributed by atoms with Crippen LogP contribution in [0.4, 0.5) is 11.4 Å². The molecule has 0 radical (unpaired) electrons. The maximum absolute atomic E-state index is 11.3. The summed E-state index contributed by atoms with van der Waals surface area (Å²) in [6.07, 6.45) is 7.72. The predicted molar refractivity (Wildman–Crippen MR) is 140 cm³/mol. The van der Waals surface area contributed by atoms with Gasteiger partial charge in [-0.25, -0.2) is 4.79 Å². The van der Waals surface area contributed by atoms with E-state index in [2.05, 4.69) is 61.2 Å². The molecule has 0 fully saturated rings. The van der Waals surface area contributed by atoms with Gasteiger partial charge in [0.05, 0.1) is 0 Å². The Kier molecular flexibility index (Phi) is 6.28. The van der Waals surface area contributed by atoms with E-state index in [1.165, 1.54) is 23.0 Å². The van der Waals surface area contributed by atoms with Crippen LogP contribution in [0.25, 0.3) is 16.5 Å². The van der Waals surface area contributed by atoms with Crippen LogP contribution in [0.15, 0.2) is 84.1 Å². The Labute approximate surface area is 204 Å². The van der Waals surface area contributed by atoms with Crippen molar-refractivity contribution >= 4 is 34.8 Å². The highest BCUT2D eigenvalue weighted by Crippen LogP contribution is 2.53. The molecule has 0 spiro atoms. The first-order chi connectivity index (χ1) is 16.3. The van der Waals surface area contributed by atoms with Crippen LogP contribution in [0.3, 0.4) is 0 Å². The molecular formula is C29H26N2O2S. The SMILES string of the molecule is C/C=C\C(=C/C)N(c1ccccc1)c1ccc2c(c1)C(C)(C)c1cc(/C=C(\C#N)C(=O)O)sc1-2. The van der Waals surface area contributed by atoms with Crippen molar-refractivity contribution in [3.63, 3.8) is 0 Å². The summed E-state index contributed by atoms with van der Waals surface area (Å²) in [5.41, 5.74) is 6.30. The highest BCUT2D eigenvalue weighted by atomic mass is 32.1. The molecule has 0 unspecified atom stereocenters. The molecule has 1 heterocycles. The lowest BCUT2D eigenvalue weighted by Crippen LogP contribution is -2.18. The summed E-state index contributed by atoms with van der Waals surface area (Å²) >= 11 is 1.53. The second kappa shape index (κ2) is 9.17. The average Bonchev–Trinajstić information content (AvgIpc) is 3.34. The Bertz CT molecular complexity index is 1390. The fraction of sp³-hybridized carbons (Fsp3) is 0.172. The van der Waals surface area contributed by atoms with E-state index in [0.717, 1.165) is 38.0 Å². The minimum absolute atomic E-state index is 0.252. The number of hydrogen-bond donors (Lipinski definition) is 1. The predicted octanol–water partition coefficient (Wildman–Crippen LogP) is 7.66. The molecule has 0 bridgehead atoms. The molecule has 2 aromatic carbocycles. The molecule has 0 saturated carbocycles. The number of allylic oxidation sites excluding steroid dienone is 3. The van der Waals surface area contributed by atoms with Gasteiger partial charge in [0.25, 0.3) is 0 Å². The molecule has 1 aliphatic rings. The van der Waals surface area contributed by atoms with E-state index in [1.807, 2.05) is 44.2 Å². The number of anilines is 2. The van der Waals surface area contributed by atoms with Gasteiger partial charge >= 0.3 is 5.97 Å². The van der Waals surface area contributed by atoms with Gasteiger partial charge in [0.1, 0.15) is 11.6 Å². The van der Waals surface area contributed by atoms with Crippen LogP contribution in [-0.4, -0.2) is 11.1 Å². The fourth-order valence-electron chi connectivity index (χ4n) is 4.46. The van der Waals surface area contributed by atoms with Gasteiger partial charge in [0.15, 0.2) is 0 Å². The first-order valence-electron chi connectivity index (χ1n) is 11.1. The van der Waals surface area contributed by atoms with Gasteiger partial charge in [-0.1, -0.05) is 50.3 Å².